The van der Waals surface area contributed by atoms with Crippen LogP contribution in [0.1, 0.15) is 22.7 Å². The fourth-order valence-corrected chi connectivity index (χ4v) is 2.27. The zero-order valence-corrected chi connectivity index (χ0v) is 11.1. The second-order valence-corrected chi connectivity index (χ2v) is 4.87. The number of hydrogen-bond donors (Lipinski definition) is 2. The molecule has 1 atom stereocenters. The van der Waals surface area contributed by atoms with Gasteiger partial charge in [-0.15, -0.1) is 0 Å². The number of aromatic carboxylic acids is 1. The Labute approximate surface area is 124 Å². The van der Waals surface area contributed by atoms with Crippen LogP contribution in [0.5, 0.6) is 0 Å². The molecule has 2 heterocycles. The number of fused-ring (bicyclic) bond motifs is 1. The number of aromatic nitrogens is 2. The summed E-state index contributed by atoms with van der Waals surface area (Å²) >= 11 is 0. The predicted molar refractivity (Wildman–Crippen MR) is 61.7 cm³/mol. The van der Waals surface area contributed by atoms with Crippen LogP contribution in [0.25, 0.3) is 0 Å². The van der Waals surface area contributed by atoms with E-state index in [2.05, 4.69) is 4.98 Å². The third-order valence-electron chi connectivity index (χ3n) is 3.33. The van der Waals surface area contributed by atoms with Gasteiger partial charge in [0, 0.05) is 13.0 Å². The second kappa shape index (κ2) is 5.42. The van der Waals surface area contributed by atoms with Crippen LogP contribution in [0.4, 0.5) is 32.2 Å². The molecule has 6 nitrogen and oxygen atoms in total. The molecule has 0 aromatic carbocycles. The number of nitrogens with one attached hydrogen (secondary N) is 1. The molecular formula is C11H9F6N3O3. The normalized spacial score (nSPS) is 18.4. The van der Waals surface area contributed by atoms with Crippen LogP contribution in [-0.4, -0.2) is 38.9 Å². The van der Waals surface area contributed by atoms with Gasteiger partial charge in [-0.1, -0.05) is 0 Å². The van der Waals surface area contributed by atoms with Crippen LogP contribution in [0.3, 0.4) is 0 Å². The van der Waals surface area contributed by atoms with Gasteiger partial charge in [-0.25, -0.2) is 9.78 Å². The van der Waals surface area contributed by atoms with Gasteiger partial charge in [0.15, 0.2) is 11.5 Å². The number of nitrogens with zero attached hydrogens (tertiary/aromatic N) is 2. The third-order valence-corrected chi connectivity index (χ3v) is 3.33. The number of halogens is 6. The lowest BCUT2D eigenvalue weighted by Crippen LogP contribution is -2.32. The van der Waals surface area contributed by atoms with E-state index in [0.29, 0.717) is 0 Å². The first-order valence-corrected chi connectivity index (χ1v) is 6.19. The number of carboxylic acids is 1. The minimum absolute atomic E-state index is 0.339. The Morgan fingerprint density at radius 2 is 1.83 bits per heavy atom. The average molecular weight is 345 g/mol. The molecule has 12 heteroatoms. The molecule has 0 fully saturated rings. The van der Waals surface area contributed by atoms with Crippen LogP contribution >= 0.6 is 0 Å². The van der Waals surface area contributed by atoms with Gasteiger partial charge < -0.3 is 15.0 Å². The van der Waals surface area contributed by atoms with Crippen molar-refractivity contribution in [1.29, 1.82) is 0 Å². The van der Waals surface area contributed by atoms with Crippen molar-refractivity contribution >= 4 is 17.7 Å². The lowest BCUT2D eigenvalue weighted by molar-refractivity contribution is -0.179. The number of amides is 1. The van der Waals surface area contributed by atoms with Crippen LogP contribution in [-0.2, 0) is 17.8 Å². The lowest BCUT2D eigenvalue weighted by Gasteiger charge is -2.25. The van der Waals surface area contributed by atoms with E-state index in [1.165, 1.54) is 5.32 Å². The van der Waals surface area contributed by atoms with Crippen LogP contribution in [0.15, 0.2) is 0 Å². The molecule has 1 unspecified atom stereocenters. The fourth-order valence-electron chi connectivity index (χ4n) is 2.27. The summed E-state index contributed by atoms with van der Waals surface area (Å²) in [6, 6.07) is 0. The smallest absolute Gasteiger partial charge is 0.471 e. The molecule has 128 valence electrons. The molecule has 0 saturated heterocycles. The molecule has 23 heavy (non-hydrogen) atoms. The highest BCUT2D eigenvalue weighted by Gasteiger charge is 2.44. The largest absolute Gasteiger partial charge is 0.476 e. The first-order valence-electron chi connectivity index (χ1n) is 6.19. The summed E-state index contributed by atoms with van der Waals surface area (Å²) in [7, 11) is 0. The summed E-state index contributed by atoms with van der Waals surface area (Å²) in [6.45, 7) is -0.379. The SMILES string of the molecule is O=C(O)c1c(NC(=O)C(F)(F)F)nc2n1CCC(C(F)(F)F)C2. The van der Waals surface area contributed by atoms with E-state index in [1.54, 1.807) is 0 Å². The van der Waals surface area contributed by atoms with Crippen molar-refractivity contribution in [1.82, 2.24) is 9.55 Å². The third kappa shape index (κ3) is 3.40. The van der Waals surface area contributed by atoms with E-state index in [-0.39, 0.29) is 12.4 Å². The molecule has 1 aromatic heterocycles. The minimum Gasteiger partial charge on any atom is -0.476 e. The van der Waals surface area contributed by atoms with E-state index in [1.807, 2.05) is 0 Å². The number of rotatable bonds is 2. The van der Waals surface area contributed by atoms with Gasteiger partial charge >= 0.3 is 24.2 Å². The number of anilines is 1. The van der Waals surface area contributed by atoms with Crippen molar-refractivity contribution < 1.29 is 41.0 Å². The molecule has 0 bridgehead atoms. The maximum atomic E-state index is 12.7. The Morgan fingerprint density at radius 3 is 2.30 bits per heavy atom. The van der Waals surface area contributed by atoms with E-state index in [4.69, 9.17) is 5.11 Å². The summed E-state index contributed by atoms with van der Waals surface area (Å²) in [4.78, 5) is 25.5. The highest BCUT2D eigenvalue weighted by Crippen LogP contribution is 2.36. The molecule has 1 amide bonds. The lowest BCUT2D eigenvalue weighted by atomic mass is 9.97. The van der Waals surface area contributed by atoms with Gasteiger partial charge in [-0.2, -0.15) is 26.3 Å². The van der Waals surface area contributed by atoms with Gasteiger partial charge in [0.2, 0.25) is 0 Å². The Morgan fingerprint density at radius 1 is 1.22 bits per heavy atom. The molecule has 2 rings (SSSR count). The van der Waals surface area contributed by atoms with Crippen molar-refractivity contribution in [2.24, 2.45) is 5.92 Å². The Bertz CT molecular complexity index is 649. The van der Waals surface area contributed by atoms with Gasteiger partial charge in [0.25, 0.3) is 0 Å². The fraction of sp³-hybridized carbons (Fsp3) is 0.545. The van der Waals surface area contributed by atoms with E-state index in [9.17, 15) is 35.9 Å². The molecule has 2 N–H and O–H groups in total. The number of carbonyl (C=O) groups excluding carboxylic acids is 1. The van der Waals surface area contributed by atoms with Crippen molar-refractivity contribution in [3.05, 3.63) is 11.5 Å². The number of hydrogen-bond acceptors (Lipinski definition) is 3. The van der Waals surface area contributed by atoms with Crippen LogP contribution < -0.4 is 5.32 Å². The second-order valence-electron chi connectivity index (χ2n) is 4.87. The topological polar surface area (TPSA) is 84.2 Å². The highest BCUT2D eigenvalue weighted by atomic mass is 19.4. The molecule has 0 aliphatic carbocycles. The first-order chi connectivity index (χ1) is 10.4. The monoisotopic (exact) mass is 345 g/mol. The Hall–Kier alpha value is -2.27. The quantitative estimate of drug-likeness (QED) is 0.805. The Kier molecular flexibility index (Phi) is 4.03. The zero-order valence-electron chi connectivity index (χ0n) is 11.1. The van der Waals surface area contributed by atoms with Gasteiger partial charge in [-0.05, 0) is 6.42 Å². The first kappa shape index (κ1) is 17.1. The van der Waals surface area contributed by atoms with Crippen LogP contribution in [0, 0.1) is 5.92 Å². The standard InChI is InChI=1S/C11H9F6N3O3/c12-10(13,14)4-1-2-20-5(3-4)18-7(6(20)8(21)22)19-9(23)11(15,16)17/h4H,1-3H2,(H,19,23)(H,21,22). The van der Waals surface area contributed by atoms with Crippen molar-refractivity contribution in [3.63, 3.8) is 0 Å². The summed E-state index contributed by atoms with van der Waals surface area (Å²) in [5, 5.41) is 10.3. The molecule has 1 aromatic rings. The van der Waals surface area contributed by atoms with Crippen LogP contribution in [0.2, 0.25) is 0 Å². The van der Waals surface area contributed by atoms with Gasteiger partial charge in [-0.3, -0.25) is 4.79 Å². The molecule has 1 aliphatic rings. The highest BCUT2D eigenvalue weighted by molar-refractivity contribution is 6.00. The molecular weight excluding hydrogens is 336 g/mol. The maximum Gasteiger partial charge on any atom is 0.471 e. The zero-order chi connectivity index (χ0) is 17.6. The van der Waals surface area contributed by atoms with Crippen molar-refractivity contribution in [2.75, 3.05) is 5.32 Å². The Balaban J connectivity index is 2.37. The van der Waals surface area contributed by atoms with E-state index >= 15 is 0 Å². The summed E-state index contributed by atoms with van der Waals surface area (Å²) in [6.07, 6.45) is -10.9. The molecule has 0 saturated carbocycles. The van der Waals surface area contributed by atoms with Crippen molar-refractivity contribution in [3.8, 4) is 0 Å². The summed E-state index contributed by atoms with van der Waals surface area (Å²) in [5.74, 6) is -7.19. The number of carboxylic acid groups (broad SMARTS) is 1. The number of imidazole rings is 1. The van der Waals surface area contributed by atoms with Gasteiger partial charge in [0.05, 0.1) is 5.92 Å². The summed E-state index contributed by atoms with van der Waals surface area (Å²) in [5.41, 5.74) is -0.779. The van der Waals surface area contributed by atoms with E-state index in [0.717, 1.165) is 4.57 Å². The van der Waals surface area contributed by atoms with Gasteiger partial charge in [0.1, 0.15) is 5.82 Å². The predicted octanol–water partition coefficient (Wildman–Crippen LogP) is 2.21. The maximum absolute atomic E-state index is 12.7. The van der Waals surface area contributed by atoms with E-state index < -0.39 is 54.5 Å². The minimum atomic E-state index is -5.28. The molecule has 0 spiro atoms. The van der Waals surface area contributed by atoms with Crippen molar-refractivity contribution in [2.45, 2.75) is 31.7 Å². The average Bonchev–Trinajstić information content (AvgIpc) is 2.73. The number of carbonyl (C=O) groups is 2. The number of alkyl halides is 6. The molecule has 1 aliphatic heterocycles. The summed E-state index contributed by atoms with van der Waals surface area (Å²) < 4.78 is 75.6. The molecule has 0 radical (unpaired) electrons.